The number of ether oxygens (including phenoxy) is 1. The Morgan fingerprint density at radius 3 is 2.28 bits per heavy atom. The maximum Gasteiger partial charge on any atom is 0.307 e. The highest BCUT2D eigenvalue weighted by Gasteiger charge is 2.13. The van der Waals surface area contributed by atoms with Crippen LogP contribution >= 0.6 is 11.6 Å². The monoisotopic (exact) mass is 530 g/mol. The van der Waals surface area contributed by atoms with Crippen molar-refractivity contribution in [1.82, 2.24) is 10.0 Å². The molecule has 0 atom stereocenters. The summed E-state index contributed by atoms with van der Waals surface area (Å²) in [4.78, 5) is 23.5. The number of carbonyl (C=O) groups is 2. The minimum absolute atomic E-state index is 0.0485. The van der Waals surface area contributed by atoms with Crippen LogP contribution in [0.3, 0.4) is 0 Å². The molecule has 0 aliphatic heterocycles. The number of nitrogens with one attached hydrogen (secondary N) is 2. The molecule has 10 heteroatoms. The van der Waals surface area contributed by atoms with Crippen LogP contribution < -0.4 is 14.8 Å². The van der Waals surface area contributed by atoms with E-state index in [2.05, 4.69) is 10.0 Å². The summed E-state index contributed by atoms with van der Waals surface area (Å²) in [5.74, 6) is -0.475. The Morgan fingerprint density at radius 1 is 0.972 bits per heavy atom. The number of halogens is 1. The van der Waals surface area contributed by atoms with Crippen molar-refractivity contribution in [3.8, 4) is 11.5 Å². The van der Waals surface area contributed by atoms with Crippen LogP contribution in [0.1, 0.15) is 34.0 Å². The lowest BCUT2D eigenvalue weighted by Gasteiger charge is -2.14. The Balaban J connectivity index is 1.65. The summed E-state index contributed by atoms with van der Waals surface area (Å²) in [5, 5.41) is 12.6. The predicted molar refractivity (Wildman–Crippen MR) is 138 cm³/mol. The van der Waals surface area contributed by atoms with Gasteiger partial charge >= 0.3 is 5.97 Å². The fourth-order valence-corrected chi connectivity index (χ4v) is 4.03. The first kappa shape index (κ1) is 27.2. The molecule has 0 spiro atoms. The summed E-state index contributed by atoms with van der Waals surface area (Å²) in [6.45, 7) is 1.95. The van der Waals surface area contributed by atoms with Gasteiger partial charge in [-0.25, -0.2) is 13.1 Å². The summed E-state index contributed by atoms with van der Waals surface area (Å²) >= 11 is 5.88. The number of amides is 1. The van der Waals surface area contributed by atoms with Gasteiger partial charge in [0, 0.05) is 29.2 Å². The quantitative estimate of drug-likeness (QED) is 0.323. The lowest BCUT2D eigenvalue weighted by atomic mass is 10.1. The lowest BCUT2D eigenvalue weighted by molar-refractivity contribution is -0.136. The minimum Gasteiger partial charge on any atom is -0.481 e. The van der Waals surface area contributed by atoms with E-state index in [1.807, 2.05) is 12.1 Å². The third-order valence-electron chi connectivity index (χ3n) is 5.30. The number of benzene rings is 3. The highest BCUT2D eigenvalue weighted by molar-refractivity contribution is 7.89. The van der Waals surface area contributed by atoms with E-state index < -0.39 is 16.0 Å². The summed E-state index contributed by atoms with van der Waals surface area (Å²) in [5.41, 5.74) is 2.54. The molecular formula is C26H27ClN2O6S. The van der Waals surface area contributed by atoms with Crippen LogP contribution in [0.15, 0.2) is 66.7 Å². The number of carboxylic acids is 1. The third-order valence-corrected chi connectivity index (χ3v) is 6.90. The first-order chi connectivity index (χ1) is 17.1. The number of carboxylic acid groups (broad SMARTS) is 1. The van der Waals surface area contributed by atoms with Crippen molar-refractivity contribution in [3.05, 3.63) is 94.0 Å². The van der Waals surface area contributed by atoms with Gasteiger partial charge in [0.25, 0.3) is 5.91 Å². The van der Waals surface area contributed by atoms with Gasteiger partial charge in [0.05, 0.1) is 12.2 Å². The molecular weight excluding hydrogens is 504 g/mol. The topological polar surface area (TPSA) is 122 Å². The van der Waals surface area contributed by atoms with Gasteiger partial charge in [-0.3, -0.25) is 9.59 Å². The molecule has 190 valence electrons. The van der Waals surface area contributed by atoms with Crippen LogP contribution in [0.4, 0.5) is 0 Å². The van der Waals surface area contributed by atoms with E-state index in [0.29, 0.717) is 46.2 Å². The standard InChI is InChI=1S/C26H27ClN2O6S/c1-2-36(33,34)29-17-21-15-19(16-25(30)31)5-12-24(21)35-23-10-6-20(7-11-23)26(32)28-14-13-18-3-8-22(27)9-4-18/h3-12,15,29H,2,13-14,16-17H2,1H3,(H,28,32)(H,30,31). The smallest absolute Gasteiger partial charge is 0.307 e. The van der Waals surface area contributed by atoms with Crippen molar-refractivity contribution in [2.75, 3.05) is 12.3 Å². The van der Waals surface area contributed by atoms with Gasteiger partial charge in [0.15, 0.2) is 0 Å². The third kappa shape index (κ3) is 8.37. The second-order valence-corrected chi connectivity index (χ2v) is 10.5. The summed E-state index contributed by atoms with van der Waals surface area (Å²) < 4.78 is 32.2. The fourth-order valence-electron chi connectivity index (χ4n) is 3.32. The molecule has 0 bridgehead atoms. The van der Waals surface area contributed by atoms with Crippen molar-refractivity contribution < 1.29 is 27.9 Å². The van der Waals surface area contributed by atoms with Gasteiger partial charge in [0.1, 0.15) is 11.5 Å². The lowest BCUT2D eigenvalue weighted by Crippen LogP contribution is -2.25. The highest BCUT2D eigenvalue weighted by atomic mass is 35.5. The number of sulfonamides is 1. The van der Waals surface area contributed by atoms with Crippen molar-refractivity contribution in [2.24, 2.45) is 0 Å². The van der Waals surface area contributed by atoms with E-state index in [0.717, 1.165) is 5.56 Å². The number of aliphatic carboxylic acids is 1. The molecule has 3 N–H and O–H groups in total. The molecule has 8 nitrogen and oxygen atoms in total. The van der Waals surface area contributed by atoms with Gasteiger partial charge in [0.2, 0.25) is 10.0 Å². The second-order valence-electron chi connectivity index (χ2n) is 8.00. The average Bonchev–Trinajstić information content (AvgIpc) is 2.85. The zero-order valence-corrected chi connectivity index (χ0v) is 21.2. The Kier molecular flexibility index (Phi) is 9.46. The molecule has 36 heavy (non-hydrogen) atoms. The van der Waals surface area contributed by atoms with Crippen LogP contribution in [0.25, 0.3) is 0 Å². The van der Waals surface area contributed by atoms with E-state index in [1.165, 1.54) is 6.92 Å². The average molecular weight is 531 g/mol. The zero-order valence-electron chi connectivity index (χ0n) is 19.7. The van der Waals surface area contributed by atoms with Crippen molar-refractivity contribution in [3.63, 3.8) is 0 Å². The molecule has 0 aromatic heterocycles. The van der Waals surface area contributed by atoms with Gasteiger partial charge in [-0.05, 0) is 66.9 Å². The molecule has 0 aliphatic carbocycles. The molecule has 3 aromatic carbocycles. The molecule has 0 fully saturated rings. The molecule has 3 aromatic rings. The van der Waals surface area contributed by atoms with Crippen molar-refractivity contribution in [1.29, 1.82) is 0 Å². The van der Waals surface area contributed by atoms with Crippen LogP contribution in [-0.4, -0.2) is 37.7 Å². The molecule has 0 unspecified atom stereocenters. The van der Waals surface area contributed by atoms with Crippen LogP contribution in [0, 0.1) is 0 Å². The van der Waals surface area contributed by atoms with Crippen LogP contribution in [0.2, 0.25) is 5.02 Å². The Hall–Kier alpha value is -3.40. The Morgan fingerprint density at radius 2 is 1.64 bits per heavy atom. The van der Waals surface area contributed by atoms with E-state index in [4.69, 9.17) is 21.4 Å². The van der Waals surface area contributed by atoms with Gasteiger partial charge in [-0.15, -0.1) is 0 Å². The first-order valence-electron chi connectivity index (χ1n) is 11.3. The molecule has 0 saturated carbocycles. The number of hydrogen-bond acceptors (Lipinski definition) is 5. The van der Waals surface area contributed by atoms with E-state index in [9.17, 15) is 18.0 Å². The van der Waals surface area contributed by atoms with Crippen LogP contribution in [0.5, 0.6) is 11.5 Å². The normalized spacial score (nSPS) is 11.2. The van der Waals surface area contributed by atoms with Gasteiger partial charge in [-0.1, -0.05) is 35.9 Å². The first-order valence-corrected chi connectivity index (χ1v) is 13.3. The number of carbonyl (C=O) groups excluding carboxylic acids is 1. The van der Waals surface area contributed by atoms with Gasteiger partial charge < -0.3 is 15.2 Å². The Labute approximate surface area is 215 Å². The number of rotatable bonds is 12. The van der Waals surface area contributed by atoms with Crippen molar-refractivity contribution in [2.45, 2.75) is 26.3 Å². The zero-order chi connectivity index (χ0) is 26.1. The Bertz CT molecular complexity index is 1310. The minimum atomic E-state index is -3.46. The van der Waals surface area contributed by atoms with E-state index >= 15 is 0 Å². The summed E-state index contributed by atoms with van der Waals surface area (Å²) in [6.07, 6.45) is 0.474. The van der Waals surface area contributed by atoms with E-state index in [-0.39, 0.29) is 24.6 Å². The molecule has 0 aliphatic rings. The molecule has 0 radical (unpaired) electrons. The SMILES string of the molecule is CCS(=O)(=O)NCc1cc(CC(=O)O)ccc1Oc1ccc(C(=O)NCCc2ccc(Cl)cc2)cc1. The summed E-state index contributed by atoms with van der Waals surface area (Å²) in [6, 6.07) is 18.8. The number of hydrogen-bond donors (Lipinski definition) is 3. The van der Waals surface area contributed by atoms with Gasteiger partial charge in [-0.2, -0.15) is 0 Å². The highest BCUT2D eigenvalue weighted by Crippen LogP contribution is 2.27. The van der Waals surface area contributed by atoms with E-state index in [1.54, 1.807) is 54.6 Å². The second kappa shape index (κ2) is 12.5. The molecule has 0 saturated heterocycles. The van der Waals surface area contributed by atoms with Crippen molar-refractivity contribution >= 4 is 33.5 Å². The van der Waals surface area contributed by atoms with Crippen LogP contribution in [-0.2, 0) is 34.2 Å². The largest absolute Gasteiger partial charge is 0.481 e. The maximum atomic E-state index is 12.5. The molecule has 0 heterocycles. The molecule has 3 rings (SSSR count). The predicted octanol–water partition coefficient (Wildman–Crippen LogP) is 4.17. The maximum absolute atomic E-state index is 12.5. The fraction of sp³-hybridized carbons (Fsp3) is 0.231. The summed E-state index contributed by atoms with van der Waals surface area (Å²) in [7, 11) is -3.46. The molecule has 1 amide bonds.